The molecule has 0 unspecified atom stereocenters. The van der Waals surface area contributed by atoms with Crippen LogP contribution in [-0.4, -0.2) is 20.3 Å². The Hall–Kier alpha value is -0.170. The van der Waals surface area contributed by atoms with Gasteiger partial charge in [-0.1, -0.05) is 11.3 Å². The zero-order valence-electron chi connectivity index (χ0n) is 4.90. The zero-order chi connectivity index (χ0) is 7.33. The first-order chi connectivity index (χ1) is 4.12. The van der Waals surface area contributed by atoms with E-state index in [0.29, 0.717) is 6.42 Å². The predicted molar refractivity (Wildman–Crippen MR) is 28.9 cm³/mol. The molecule has 0 amide bonds. The molecule has 56 valence electrons. The fraction of sp³-hybridized carbons (Fsp3) is 1.00. The molecule has 0 aromatic carbocycles. The van der Waals surface area contributed by atoms with Crippen molar-refractivity contribution in [2.24, 2.45) is 0 Å². The molecule has 0 aliphatic heterocycles. The third kappa shape index (κ3) is 4.34. The van der Waals surface area contributed by atoms with Gasteiger partial charge in [0.15, 0.2) is 0 Å². The highest BCUT2D eigenvalue weighted by molar-refractivity contribution is 7.81. The molecule has 6 heteroatoms. The quantitative estimate of drug-likeness (QED) is 0.463. The van der Waals surface area contributed by atoms with Crippen LogP contribution in [0.2, 0.25) is 0 Å². The average Bonchev–Trinajstić information content (AvgIpc) is 1.84. The smallest absolute Gasteiger partial charge is 0.246 e. The summed E-state index contributed by atoms with van der Waals surface area (Å²) in [7, 11) is -4.13. The van der Waals surface area contributed by atoms with Gasteiger partial charge >= 0.3 is 10.4 Å². The summed E-state index contributed by atoms with van der Waals surface area (Å²) in [5, 5.41) is 7.61. The molecule has 0 fully saturated rings. The Morgan fingerprint density at radius 3 is 2.44 bits per heavy atom. The van der Waals surface area contributed by atoms with Crippen molar-refractivity contribution in [3.63, 3.8) is 0 Å². The Kier molecular flexibility index (Phi) is 3.71. The standard InChI is InChI=1S/C3H8O5S/c1-2-3-7-9(5,6)8-4/h4H,2-3H2,1H3. The van der Waals surface area contributed by atoms with Crippen LogP contribution in [0.15, 0.2) is 0 Å². The van der Waals surface area contributed by atoms with Crippen molar-refractivity contribution in [1.82, 2.24) is 0 Å². The van der Waals surface area contributed by atoms with Gasteiger partial charge in [-0.15, -0.1) is 0 Å². The SMILES string of the molecule is CCCOS(=O)(=O)OO. The Labute approximate surface area is 53.5 Å². The highest BCUT2D eigenvalue weighted by Gasteiger charge is 2.08. The van der Waals surface area contributed by atoms with Crippen molar-refractivity contribution in [2.75, 3.05) is 6.61 Å². The lowest BCUT2D eigenvalue weighted by Crippen LogP contribution is -2.07. The summed E-state index contributed by atoms with van der Waals surface area (Å²) in [6, 6.07) is 0. The maximum atomic E-state index is 10.1. The van der Waals surface area contributed by atoms with Gasteiger partial charge in [0.2, 0.25) is 0 Å². The third-order valence-corrected chi connectivity index (χ3v) is 1.16. The Morgan fingerprint density at radius 1 is 1.56 bits per heavy atom. The maximum absolute atomic E-state index is 10.1. The Morgan fingerprint density at radius 2 is 2.11 bits per heavy atom. The summed E-state index contributed by atoms with van der Waals surface area (Å²) < 4.78 is 27.1. The van der Waals surface area contributed by atoms with Gasteiger partial charge in [0.1, 0.15) is 0 Å². The van der Waals surface area contributed by atoms with E-state index in [1.807, 2.05) is 0 Å². The van der Waals surface area contributed by atoms with Crippen molar-refractivity contribution < 1.29 is 22.2 Å². The molecule has 0 aromatic rings. The van der Waals surface area contributed by atoms with Crippen molar-refractivity contribution in [2.45, 2.75) is 13.3 Å². The van der Waals surface area contributed by atoms with Crippen LogP contribution >= 0.6 is 0 Å². The molecule has 0 bridgehead atoms. The van der Waals surface area contributed by atoms with E-state index in [1.165, 1.54) is 0 Å². The van der Waals surface area contributed by atoms with Gasteiger partial charge in [0.05, 0.1) is 6.61 Å². The molecule has 5 nitrogen and oxygen atoms in total. The molecule has 0 aliphatic rings. The first-order valence-electron chi connectivity index (χ1n) is 2.35. The number of hydrogen-bond acceptors (Lipinski definition) is 5. The molecule has 0 rings (SSSR count). The van der Waals surface area contributed by atoms with E-state index in [0.717, 1.165) is 0 Å². The van der Waals surface area contributed by atoms with Crippen LogP contribution in [0.5, 0.6) is 0 Å². The van der Waals surface area contributed by atoms with Crippen molar-refractivity contribution in [3.8, 4) is 0 Å². The van der Waals surface area contributed by atoms with Gasteiger partial charge in [0.25, 0.3) is 0 Å². The lowest BCUT2D eigenvalue weighted by molar-refractivity contribution is -0.142. The second-order valence-electron chi connectivity index (χ2n) is 1.30. The molecule has 0 aromatic heterocycles. The fourth-order valence-electron chi connectivity index (χ4n) is 0.207. The van der Waals surface area contributed by atoms with Gasteiger partial charge in [-0.3, -0.25) is 0 Å². The van der Waals surface area contributed by atoms with Gasteiger partial charge in [-0.25, -0.2) is 9.44 Å². The Bertz CT molecular complexity index is 148. The first-order valence-corrected chi connectivity index (χ1v) is 3.68. The lowest BCUT2D eigenvalue weighted by Gasteiger charge is -1.96. The highest BCUT2D eigenvalue weighted by Crippen LogP contribution is 1.92. The van der Waals surface area contributed by atoms with Gasteiger partial charge in [0, 0.05) is 0 Å². The third-order valence-electron chi connectivity index (χ3n) is 0.523. The summed E-state index contributed by atoms with van der Waals surface area (Å²) in [5.74, 6) is 0. The minimum atomic E-state index is -4.13. The van der Waals surface area contributed by atoms with Crippen LogP contribution in [0.4, 0.5) is 0 Å². The largest absolute Gasteiger partial charge is 0.426 e. The molecule has 0 atom stereocenters. The monoisotopic (exact) mass is 156 g/mol. The van der Waals surface area contributed by atoms with Crippen LogP contribution in [0.25, 0.3) is 0 Å². The summed E-state index contributed by atoms with van der Waals surface area (Å²) >= 11 is 0. The van der Waals surface area contributed by atoms with Crippen LogP contribution in [0, 0.1) is 0 Å². The van der Waals surface area contributed by atoms with Crippen LogP contribution in [0.1, 0.15) is 13.3 Å². The van der Waals surface area contributed by atoms with E-state index in [-0.39, 0.29) is 6.61 Å². The van der Waals surface area contributed by atoms with E-state index in [2.05, 4.69) is 8.52 Å². The van der Waals surface area contributed by atoms with Crippen molar-refractivity contribution in [3.05, 3.63) is 0 Å². The predicted octanol–water partition coefficient (Wildman–Crippen LogP) is 0.147. The molecule has 0 heterocycles. The minimum absolute atomic E-state index is 0.0168. The molecular weight excluding hydrogens is 148 g/mol. The highest BCUT2D eigenvalue weighted by atomic mass is 32.3. The maximum Gasteiger partial charge on any atom is 0.426 e. The molecule has 0 spiro atoms. The first kappa shape index (κ1) is 8.83. The molecule has 0 radical (unpaired) electrons. The molecular formula is C3H8O5S. The minimum Gasteiger partial charge on any atom is -0.246 e. The van der Waals surface area contributed by atoms with Crippen LogP contribution < -0.4 is 0 Å². The second-order valence-corrected chi connectivity index (χ2v) is 2.51. The summed E-state index contributed by atoms with van der Waals surface area (Å²) in [6.07, 6.45) is 0.544. The molecule has 9 heavy (non-hydrogen) atoms. The zero-order valence-corrected chi connectivity index (χ0v) is 5.72. The normalized spacial score (nSPS) is 11.8. The van der Waals surface area contributed by atoms with Crippen LogP contribution in [-0.2, 0) is 18.9 Å². The number of hydrogen-bond donors (Lipinski definition) is 1. The lowest BCUT2D eigenvalue weighted by atomic mass is 10.5. The van der Waals surface area contributed by atoms with Gasteiger partial charge < -0.3 is 0 Å². The topological polar surface area (TPSA) is 72.8 Å². The van der Waals surface area contributed by atoms with E-state index in [4.69, 9.17) is 5.26 Å². The molecule has 0 aliphatic carbocycles. The Balaban J connectivity index is 3.61. The van der Waals surface area contributed by atoms with E-state index in [9.17, 15) is 8.42 Å². The molecule has 1 N–H and O–H groups in total. The van der Waals surface area contributed by atoms with Gasteiger partial charge in [-0.05, 0) is 6.42 Å². The van der Waals surface area contributed by atoms with Crippen molar-refractivity contribution in [1.29, 1.82) is 0 Å². The van der Waals surface area contributed by atoms with E-state index >= 15 is 0 Å². The average molecular weight is 156 g/mol. The molecule has 0 saturated heterocycles. The van der Waals surface area contributed by atoms with Gasteiger partial charge in [-0.2, -0.15) is 8.42 Å². The second kappa shape index (κ2) is 3.78. The summed E-state index contributed by atoms with van der Waals surface area (Å²) in [6.45, 7) is 1.75. The molecule has 0 saturated carbocycles. The van der Waals surface area contributed by atoms with Crippen molar-refractivity contribution >= 4 is 10.4 Å². The number of rotatable bonds is 4. The van der Waals surface area contributed by atoms with E-state index in [1.54, 1.807) is 6.92 Å². The van der Waals surface area contributed by atoms with Crippen LogP contribution in [0.3, 0.4) is 0 Å². The summed E-state index contributed by atoms with van der Waals surface area (Å²) in [4.78, 5) is 0. The fourth-order valence-corrected chi connectivity index (χ4v) is 0.621. The summed E-state index contributed by atoms with van der Waals surface area (Å²) in [5.41, 5.74) is 0. The van der Waals surface area contributed by atoms with E-state index < -0.39 is 10.4 Å².